The summed E-state index contributed by atoms with van der Waals surface area (Å²) in [5.74, 6) is 1.59. The number of rotatable bonds is 3. The van der Waals surface area contributed by atoms with E-state index in [0.717, 1.165) is 62.7 Å². The molecule has 0 aliphatic carbocycles. The molecule has 2 aliphatic heterocycles. The molecule has 1 fully saturated rings. The minimum Gasteiger partial charge on any atom is -0.333 e. The van der Waals surface area contributed by atoms with Crippen LogP contribution in [0.25, 0.3) is 0 Å². The first-order valence-corrected chi connectivity index (χ1v) is 9.99. The average Bonchev–Trinajstić information content (AvgIpc) is 2.89. The summed E-state index contributed by atoms with van der Waals surface area (Å²) in [6.07, 6.45) is 2.68. The van der Waals surface area contributed by atoms with Gasteiger partial charge in [0.2, 0.25) is 0 Å². The predicted molar refractivity (Wildman–Crippen MR) is 103 cm³/mol. The predicted octanol–water partition coefficient (Wildman–Crippen LogP) is 1.96. The van der Waals surface area contributed by atoms with E-state index in [1.807, 2.05) is 28.6 Å². The molecule has 2 amide bonds. The van der Waals surface area contributed by atoms with Gasteiger partial charge in [0.25, 0.3) is 0 Å². The molecule has 0 bridgehead atoms. The second-order valence-corrected chi connectivity index (χ2v) is 7.69. The van der Waals surface area contributed by atoms with Crippen LogP contribution in [0.4, 0.5) is 9.18 Å². The van der Waals surface area contributed by atoms with Gasteiger partial charge in [-0.25, -0.2) is 18.9 Å². The van der Waals surface area contributed by atoms with Crippen LogP contribution in [0.3, 0.4) is 0 Å². The third-order valence-corrected chi connectivity index (χ3v) is 5.49. The molecule has 2 aromatic rings. The van der Waals surface area contributed by atoms with Crippen molar-refractivity contribution in [2.45, 2.75) is 45.3 Å². The Balaban J connectivity index is 1.28. The fraction of sp³-hybridized carbons (Fsp3) is 0.550. The molecule has 1 atom stereocenters. The summed E-state index contributed by atoms with van der Waals surface area (Å²) in [4.78, 5) is 21.4. The van der Waals surface area contributed by atoms with Crippen molar-refractivity contribution in [2.75, 3.05) is 26.2 Å². The van der Waals surface area contributed by atoms with Crippen LogP contribution in [-0.2, 0) is 19.5 Å². The molecule has 1 unspecified atom stereocenters. The molecule has 28 heavy (non-hydrogen) atoms. The van der Waals surface area contributed by atoms with Gasteiger partial charge in [-0.2, -0.15) is 5.10 Å². The second-order valence-electron chi connectivity index (χ2n) is 7.69. The number of urea groups is 1. The number of amides is 2. The minimum atomic E-state index is -0.210. The third-order valence-electron chi connectivity index (χ3n) is 5.49. The van der Waals surface area contributed by atoms with Gasteiger partial charge in [-0.3, -0.25) is 4.90 Å². The number of nitrogens with zero attached hydrogens (tertiary/aromatic N) is 5. The zero-order chi connectivity index (χ0) is 19.5. The molecule has 0 radical (unpaired) electrons. The lowest BCUT2D eigenvalue weighted by atomic mass is 10.1. The molecule has 1 aromatic carbocycles. The third kappa shape index (κ3) is 4.49. The van der Waals surface area contributed by atoms with Crippen molar-refractivity contribution < 1.29 is 9.18 Å². The van der Waals surface area contributed by atoms with Gasteiger partial charge < -0.3 is 10.2 Å². The highest BCUT2D eigenvalue weighted by Gasteiger charge is 2.25. The van der Waals surface area contributed by atoms with Crippen LogP contribution in [0.1, 0.15) is 30.1 Å². The summed E-state index contributed by atoms with van der Waals surface area (Å²) in [5, 5.41) is 7.58. The quantitative estimate of drug-likeness (QED) is 0.876. The highest BCUT2D eigenvalue weighted by Crippen LogP contribution is 2.14. The molecule has 1 aromatic heterocycles. The Labute approximate surface area is 164 Å². The van der Waals surface area contributed by atoms with E-state index in [1.165, 1.54) is 12.1 Å². The number of nitrogens with one attached hydrogen (secondary N) is 1. The van der Waals surface area contributed by atoms with Crippen molar-refractivity contribution in [3.63, 3.8) is 0 Å². The molecule has 3 heterocycles. The van der Waals surface area contributed by atoms with Gasteiger partial charge in [-0.1, -0.05) is 12.1 Å². The molecule has 8 heteroatoms. The van der Waals surface area contributed by atoms with E-state index in [0.29, 0.717) is 13.1 Å². The first-order chi connectivity index (χ1) is 13.6. The number of benzene rings is 1. The fourth-order valence-electron chi connectivity index (χ4n) is 4.00. The Morgan fingerprint density at radius 3 is 2.86 bits per heavy atom. The maximum absolute atomic E-state index is 13.1. The van der Waals surface area contributed by atoms with Gasteiger partial charge >= 0.3 is 6.03 Å². The number of halogens is 1. The van der Waals surface area contributed by atoms with Crippen LogP contribution in [0.15, 0.2) is 24.3 Å². The van der Waals surface area contributed by atoms with Crippen LogP contribution in [0.2, 0.25) is 0 Å². The van der Waals surface area contributed by atoms with Gasteiger partial charge in [0.05, 0.1) is 12.6 Å². The summed E-state index contributed by atoms with van der Waals surface area (Å²) in [6, 6.07) is 6.76. The van der Waals surface area contributed by atoms with Gasteiger partial charge in [0.15, 0.2) is 0 Å². The second kappa shape index (κ2) is 8.26. The van der Waals surface area contributed by atoms with Gasteiger partial charge in [-0.15, -0.1) is 0 Å². The molecule has 1 saturated heterocycles. The molecular formula is C20H27FN6O. The van der Waals surface area contributed by atoms with E-state index < -0.39 is 0 Å². The number of hydrogen-bond donors (Lipinski definition) is 1. The van der Waals surface area contributed by atoms with Crippen molar-refractivity contribution >= 4 is 6.03 Å². The van der Waals surface area contributed by atoms with Gasteiger partial charge in [0, 0.05) is 39.1 Å². The largest absolute Gasteiger partial charge is 0.333 e. The number of aromatic nitrogens is 3. The van der Waals surface area contributed by atoms with Crippen LogP contribution in [0, 0.1) is 12.7 Å². The van der Waals surface area contributed by atoms with Crippen LogP contribution in [-0.4, -0.2) is 62.8 Å². The van der Waals surface area contributed by atoms with E-state index in [-0.39, 0.29) is 17.9 Å². The maximum Gasteiger partial charge on any atom is 0.317 e. The first kappa shape index (κ1) is 18.9. The summed E-state index contributed by atoms with van der Waals surface area (Å²) in [6.45, 7) is 6.58. The highest BCUT2D eigenvalue weighted by molar-refractivity contribution is 5.74. The molecule has 4 rings (SSSR count). The van der Waals surface area contributed by atoms with Crippen molar-refractivity contribution in [3.8, 4) is 0 Å². The summed E-state index contributed by atoms with van der Waals surface area (Å²) in [5.41, 5.74) is 1.10. The zero-order valence-corrected chi connectivity index (χ0v) is 16.3. The van der Waals surface area contributed by atoms with E-state index >= 15 is 0 Å². The van der Waals surface area contributed by atoms with Crippen molar-refractivity contribution in [1.29, 1.82) is 0 Å². The van der Waals surface area contributed by atoms with E-state index in [9.17, 15) is 9.18 Å². The molecule has 1 N–H and O–H groups in total. The van der Waals surface area contributed by atoms with Crippen LogP contribution >= 0.6 is 0 Å². The molecule has 0 spiro atoms. The topological polar surface area (TPSA) is 66.3 Å². The average molecular weight is 386 g/mol. The highest BCUT2D eigenvalue weighted by atomic mass is 19.1. The Bertz CT molecular complexity index is 821. The van der Waals surface area contributed by atoms with Gasteiger partial charge in [0.1, 0.15) is 17.5 Å². The molecule has 0 saturated carbocycles. The van der Waals surface area contributed by atoms with Gasteiger partial charge in [-0.05, 0) is 37.5 Å². The Kier molecular flexibility index (Phi) is 5.57. The van der Waals surface area contributed by atoms with E-state index in [1.54, 1.807) is 0 Å². The standard InChI is InChI=1S/C20H27FN6O/c1-15-22-19-8-7-18(14-27(19)24-15)23-20(28)26-10-2-9-25(11-12-26)13-16-3-5-17(21)6-4-16/h3-6,18H,2,7-14H2,1H3,(H,23,28). The molecular weight excluding hydrogens is 359 g/mol. The minimum absolute atomic E-state index is 0.00826. The lowest BCUT2D eigenvalue weighted by Gasteiger charge is -2.28. The zero-order valence-electron chi connectivity index (χ0n) is 16.3. The number of aryl methyl sites for hydroxylation is 2. The van der Waals surface area contributed by atoms with E-state index in [2.05, 4.69) is 20.3 Å². The number of fused-ring (bicyclic) bond motifs is 1. The lowest BCUT2D eigenvalue weighted by Crippen LogP contribution is -2.48. The van der Waals surface area contributed by atoms with Crippen LogP contribution < -0.4 is 5.32 Å². The normalized spacial score (nSPS) is 20.5. The molecule has 2 aliphatic rings. The first-order valence-electron chi connectivity index (χ1n) is 9.99. The Hall–Kier alpha value is -2.48. The van der Waals surface area contributed by atoms with Crippen molar-refractivity contribution in [2.24, 2.45) is 0 Å². The molecule has 7 nitrogen and oxygen atoms in total. The van der Waals surface area contributed by atoms with E-state index in [4.69, 9.17) is 0 Å². The Morgan fingerprint density at radius 2 is 2.04 bits per heavy atom. The number of carbonyl (C=O) groups is 1. The fourth-order valence-corrected chi connectivity index (χ4v) is 4.00. The molecule has 150 valence electrons. The Morgan fingerprint density at radius 1 is 1.21 bits per heavy atom. The number of carbonyl (C=O) groups excluding carboxylic acids is 1. The summed E-state index contributed by atoms with van der Waals surface area (Å²) < 4.78 is 15.0. The lowest BCUT2D eigenvalue weighted by molar-refractivity contribution is 0.189. The monoisotopic (exact) mass is 386 g/mol. The maximum atomic E-state index is 13.1. The summed E-state index contributed by atoms with van der Waals surface area (Å²) >= 11 is 0. The number of hydrogen-bond acceptors (Lipinski definition) is 4. The smallest absolute Gasteiger partial charge is 0.317 e. The van der Waals surface area contributed by atoms with Crippen LogP contribution in [0.5, 0.6) is 0 Å². The SMILES string of the molecule is Cc1nc2n(n1)CC(NC(=O)N1CCCN(Cc3ccc(F)cc3)CC1)CC2. The van der Waals surface area contributed by atoms with Crippen molar-refractivity contribution in [1.82, 2.24) is 29.9 Å². The summed E-state index contributed by atoms with van der Waals surface area (Å²) in [7, 11) is 0. The van der Waals surface area contributed by atoms with Crippen molar-refractivity contribution in [3.05, 3.63) is 47.3 Å².